The highest BCUT2D eigenvalue weighted by atomic mass is 16.5. The molecule has 0 aliphatic heterocycles. The minimum Gasteiger partial charge on any atom is -0.476 e. The Balaban J connectivity index is 2.19. The molecule has 0 atom stereocenters. The van der Waals surface area contributed by atoms with E-state index in [2.05, 4.69) is 21.8 Å². The maximum Gasteiger partial charge on any atom is 0.242 e. The molecule has 2 rings (SSSR count). The first kappa shape index (κ1) is 12.9. The predicted octanol–water partition coefficient (Wildman–Crippen LogP) is 2.08. The molecule has 2 N–H and O–H groups in total. The zero-order valence-corrected chi connectivity index (χ0v) is 11.2. The van der Waals surface area contributed by atoms with Crippen molar-refractivity contribution in [3.05, 3.63) is 6.33 Å². The number of nitrogens with zero attached hydrogens (tertiary/aromatic N) is 3. The van der Waals surface area contributed by atoms with Crippen molar-refractivity contribution in [2.24, 2.45) is 5.92 Å². The Morgan fingerprint density at radius 1 is 1.39 bits per heavy atom. The Bertz CT molecular complexity index is 393. The van der Waals surface area contributed by atoms with E-state index in [9.17, 15) is 0 Å². The molecular weight excluding hydrogens is 228 g/mol. The summed E-state index contributed by atoms with van der Waals surface area (Å²) in [6.45, 7) is 6.68. The van der Waals surface area contributed by atoms with Gasteiger partial charge in [0.15, 0.2) is 5.82 Å². The number of aromatic nitrogens is 2. The summed E-state index contributed by atoms with van der Waals surface area (Å²) >= 11 is 0. The molecule has 1 aliphatic rings. The van der Waals surface area contributed by atoms with Crippen LogP contribution in [0.2, 0.25) is 0 Å². The number of nitrogens with two attached hydrogens (primary N) is 1. The quantitative estimate of drug-likeness (QED) is 0.802. The normalized spacial score (nSPS) is 14.6. The molecule has 0 bridgehead atoms. The zero-order valence-electron chi connectivity index (χ0n) is 11.2. The minimum atomic E-state index is 0.499. The van der Waals surface area contributed by atoms with Gasteiger partial charge in [0.05, 0.1) is 6.61 Å². The number of nitrogen functional groups attached to an aromatic ring is 1. The third-order valence-electron chi connectivity index (χ3n) is 3.08. The van der Waals surface area contributed by atoms with Crippen molar-refractivity contribution in [3.63, 3.8) is 0 Å². The molecule has 100 valence electrons. The lowest BCUT2D eigenvalue weighted by Gasteiger charge is -2.24. The second-order valence-electron chi connectivity index (χ2n) is 4.74. The van der Waals surface area contributed by atoms with Crippen molar-refractivity contribution < 1.29 is 4.74 Å². The standard InChI is InChI=1S/C13H22N4O/c1-3-7-17(8-10-5-6-10)12-11(14)13(18-4-2)16-9-15-12/h9-10H,3-8,14H2,1-2H3. The van der Waals surface area contributed by atoms with E-state index in [4.69, 9.17) is 10.5 Å². The van der Waals surface area contributed by atoms with Gasteiger partial charge >= 0.3 is 0 Å². The van der Waals surface area contributed by atoms with Crippen LogP contribution >= 0.6 is 0 Å². The van der Waals surface area contributed by atoms with Crippen LogP contribution in [0.5, 0.6) is 5.88 Å². The highest BCUT2D eigenvalue weighted by Gasteiger charge is 2.26. The molecule has 1 saturated carbocycles. The SMILES string of the molecule is CCCN(CC1CC1)c1ncnc(OCC)c1N. The van der Waals surface area contributed by atoms with E-state index in [1.165, 1.54) is 19.2 Å². The monoisotopic (exact) mass is 250 g/mol. The first-order valence-electron chi connectivity index (χ1n) is 6.74. The van der Waals surface area contributed by atoms with Gasteiger partial charge in [-0.05, 0) is 32.1 Å². The molecule has 1 aromatic heterocycles. The summed E-state index contributed by atoms with van der Waals surface area (Å²) in [6, 6.07) is 0. The van der Waals surface area contributed by atoms with Crippen LogP contribution in [0.25, 0.3) is 0 Å². The summed E-state index contributed by atoms with van der Waals surface area (Å²) in [5.74, 6) is 2.13. The van der Waals surface area contributed by atoms with Gasteiger partial charge in [0.2, 0.25) is 5.88 Å². The van der Waals surface area contributed by atoms with E-state index >= 15 is 0 Å². The van der Waals surface area contributed by atoms with Crippen molar-refractivity contribution in [1.29, 1.82) is 0 Å². The fraction of sp³-hybridized carbons (Fsp3) is 0.692. The van der Waals surface area contributed by atoms with E-state index < -0.39 is 0 Å². The lowest BCUT2D eigenvalue weighted by molar-refractivity contribution is 0.328. The molecule has 0 amide bonds. The second kappa shape index (κ2) is 5.89. The molecule has 18 heavy (non-hydrogen) atoms. The van der Waals surface area contributed by atoms with E-state index in [-0.39, 0.29) is 0 Å². The fourth-order valence-corrected chi connectivity index (χ4v) is 2.04. The number of anilines is 2. The van der Waals surface area contributed by atoms with Crippen molar-refractivity contribution in [2.75, 3.05) is 30.3 Å². The van der Waals surface area contributed by atoms with Gasteiger partial charge in [0.1, 0.15) is 12.0 Å². The summed E-state index contributed by atoms with van der Waals surface area (Å²) < 4.78 is 5.42. The first-order chi connectivity index (χ1) is 8.76. The lowest BCUT2D eigenvalue weighted by atomic mass is 10.3. The molecule has 1 aliphatic carbocycles. The molecule has 0 saturated heterocycles. The van der Waals surface area contributed by atoms with Crippen LogP contribution in [0, 0.1) is 5.92 Å². The Kier molecular flexibility index (Phi) is 4.23. The molecule has 1 fully saturated rings. The first-order valence-corrected chi connectivity index (χ1v) is 6.74. The molecule has 1 heterocycles. The van der Waals surface area contributed by atoms with Gasteiger partial charge in [-0.15, -0.1) is 0 Å². The van der Waals surface area contributed by atoms with Crippen molar-refractivity contribution in [3.8, 4) is 5.88 Å². The van der Waals surface area contributed by atoms with Gasteiger partial charge in [0, 0.05) is 13.1 Å². The Labute approximate surface area is 108 Å². The third kappa shape index (κ3) is 3.03. The van der Waals surface area contributed by atoms with E-state index in [0.717, 1.165) is 31.2 Å². The van der Waals surface area contributed by atoms with E-state index in [1.54, 1.807) is 0 Å². The largest absolute Gasteiger partial charge is 0.476 e. The molecular formula is C13H22N4O. The molecule has 0 aromatic carbocycles. The molecule has 5 heteroatoms. The van der Waals surface area contributed by atoms with Crippen molar-refractivity contribution in [2.45, 2.75) is 33.1 Å². The summed E-state index contributed by atoms with van der Waals surface area (Å²) in [6.07, 6.45) is 5.26. The summed E-state index contributed by atoms with van der Waals surface area (Å²) in [4.78, 5) is 10.7. The number of hydrogen-bond donors (Lipinski definition) is 1. The molecule has 0 unspecified atom stereocenters. The van der Waals surface area contributed by atoms with Crippen molar-refractivity contribution in [1.82, 2.24) is 9.97 Å². The molecule has 1 aromatic rings. The average molecular weight is 250 g/mol. The Hall–Kier alpha value is -1.52. The highest BCUT2D eigenvalue weighted by molar-refractivity contribution is 5.67. The average Bonchev–Trinajstić information content (AvgIpc) is 3.16. The maximum absolute atomic E-state index is 6.11. The van der Waals surface area contributed by atoms with Crippen LogP contribution < -0.4 is 15.4 Å². The maximum atomic E-state index is 6.11. The topological polar surface area (TPSA) is 64.3 Å². The van der Waals surface area contributed by atoms with Gasteiger partial charge in [-0.2, -0.15) is 4.98 Å². The Morgan fingerprint density at radius 2 is 2.17 bits per heavy atom. The van der Waals surface area contributed by atoms with Crippen LogP contribution in [0.3, 0.4) is 0 Å². The van der Waals surface area contributed by atoms with Gasteiger partial charge in [-0.1, -0.05) is 6.92 Å². The van der Waals surface area contributed by atoms with Crippen LogP contribution in [-0.2, 0) is 0 Å². The predicted molar refractivity (Wildman–Crippen MR) is 72.8 cm³/mol. The van der Waals surface area contributed by atoms with Crippen LogP contribution in [0.4, 0.5) is 11.5 Å². The number of hydrogen-bond acceptors (Lipinski definition) is 5. The van der Waals surface area contributed by atoms with Crippen LogP contribution in [0.15, 0.2) is 6.33 Å². The van der Waals surface area contributed by atoms with Crippen molar-refractivity contribution >= 4 is 11.5 Å². The van der Waals surface area contributed by atoms with E-state index in [0.29, 0.717) is 18.2 Å². The number of ether oxygens (including phenoxy) is 1. The third-order valence-corrected chi connectivity index (χ3v) is 3.08. The lowest BCUT2D eigenvalue weighted by Crippen LogP contribution is -2.28. The van der Waals surface area contributed by atoms with Gasteiger partial charge in [-0.3, -0.25) is 0 Å². The Morgan fingerprint density at radius 3 is 2.78 bits per heavy atom. The highest BCUT2D eigenvalue weighted by Crippen LogP contribution is 2.34. The van der Waals surface area contributed by atoms with Gasteiger partial charge in [0.25, 0.3) is 0 Å². The summed E-state index contributed by atoms with van der Waals surface area (Å²) in [5, 5.41) is 0. The van der Waals surface area contributed by atoms with Crippen LogP contribution in [-0.4, -0.2) is 29.7 Å². The fourth-order valence-electron chi connectivity index (χ4n) is 2.04. The zero-order chi connectivity index (χ0) is 13.0. The van der Waals surface area contributed by atoms with E-state index in [1.807, 2.05) is 6.92 Å². The molecule has 0 spiro atoms. The summed E-state index contributed by atoms with van der Waals surface area (Å²) in [5.41, 5.74) is 6.67. The van der Waals surface area contributed by atoms with Gasteiger partial charge < -0.3 is 15.4 Å². The smallest absolute Gasteiger partial charge is 0.242 e. The summed E-state index contributed by atoms with van der Waals surface area (Å²) in [7, 11) is 0. The minimum absolute atomic E-state index is 0.499. The molecule has 5 nitrogen and oxygen atoms in total. The van der Waals surface area contributed by atoms with Crippen LogP contribution in [0.1, 0.15) is 33.1 Å². The molecule has 0 radical (unpaired) electrons. The number of rotatable bonds is 7. The second-order valence-corrected chi connectivity index (χ2v) is 4.74. The van der Waals surface area contributed by atoms with Gasteiger partial charge in [-0.25, -0.2) is 4.98 Å².